The number of carbonyl (C=O) groups excluding carboxylic acids is 2. The summed E-state index contributed by atoms with van der Waals surface area (Å²) >= 11 is 0. The molecule has 0 heterocycles. The van der Waals surface area contributed by atoms with Crippen LogP contribution in [0, 0.1) is 0 Å². The highest BCUT2D eigenvalue weighted by atomic mass is 16.5. The third-order valence-electron chi connectivity index (χ3n) is 7.51. The summed E-state index contributed by atoms with van der Waals surface area (Å²) in [5, 5.41) is 6.14. The van der Waals surface area contributed by atoms with Crippen LogP contribution in [0.3, 0.4) is 0 Å². The minimum Gasteiger partial charge on any atom is -0.483 e. The molecule has 0 aliphatic heterocycles. The Morgan fingerprint density at radius 2 is 1.61 bits per heavy atom. The van der Waals surface area contributed by atoms with E-state index in [4.69, 9.17) is 4.74 Å². The molecule has 0 saturated heterocycles. The van der Waals surface area contributed by atoms with Crippen molar-refractivity contribution in [2.24, 2.45) is 0 Å². The zero-order valence-electron chi connectivity index (χ0n) is 22.1. The molecule has 2 N–H and O–H groups in total. The second kappa shape index (κ2) is 11.5. The first kappa shape index (κ1) is 25.6. The molecule has 0 saturated carbocycles. The third-order valence-corrected chi connectivity index (χ3v) is 7.51. The molecule has 2 aliphatic rings. The van der Waals surface area contributed by atoms with E-state index < -0.39 is 0 Å². The molecule has 0 aromatic heterocycles. The zero-order valence-corrected chi connectivity index (χ0v) is 22.1. The van der Waals surface area contributed by atoms with Gasteiger partial charge in [-0.05, 0) is 98.2 Å². The van der Waals surface area contributed by atoms with Gasteiger partial charge in [0.05, 0.1) is 11.6 Å². The number of ether oxygens (including phenoxy) is 1. The van der Waals surface area contributed by atoms with Gasteiger partial charge in [-0.3, -0.25) is 9.59 Å². The van der Waals surface area contributed by atoms with Gasteiger partial charge in [0.2, 0.25) is 0 Å². The first-order chi connectivity index (χ1) is 18.6. The van der Waals surface area contributed by atoms with Gasteiger partial charge in [-0.15, -0.1) is 0 Å². The number of benzene rings is 3. The Kier molecular flexibility index (Phi) is 7.78. The molecule has 0 unspecified atom stereocenters. The molecule has 0 spiro atoms. The normalized spacial score (nSPS) is 15.9. The molecular weight excluding hydrogens is 474 g/mol. The topological polar surface area (TPSA) is 70.7 Å². The predicted octanol–water partition coefficient (Wildman–Crippen LogP) is 6.36. The molecule has 0 radical (unpaired) electrons. The van der Waals surface area contributed by atoms with Gasteiger partial charge in [-0.2, -0.15) is 0 Å². The minimum atomic E-state index is -0.279. The summed E-state index contributed by atoms with van der Waals surface area (Å²) < 4.78 is 5.88. The zero-order chi connectivity index (χ0) is 26.5. The number of rotatable bonds is 9. The van der Waals surface area contributed by atoms with Crippen LogP contribution >= 0.6 is 0 Å². The molecule has 3 aromatic rings. The fourth-order valence-corrected chi connectivity index (χ4v) is 5.60. The summed E-state index contributed by atoms with van der Waals surface area (Å²) in [5.41, 5.74) is 7.36. The van der Waals surface area contributed by atoms with Crippen LogP contribution in [0.1, 0.15) is 67.1 Å². The lowest BCUT2D eigenvalue weighted by molar-refractivity contribution is -0.123. The van der Waals surface area contributed by atoms with E-state index in [0.717, 1.165) is 38.0 Å². The molecule has 0 fully saturated rings. The number of para-hydroxylation sites is 1. The van der Waals surface area contributed by atoms with E-state index in [-0.39, 0.29) is 24.5 Å². The molecule has 2 amide bonds. The van der Waals surface area contributed by atoms with Gasteiger partial charge < -0.3 is 20.3 Å². The van der Waals surface area contributed by atoms with E-state index in [1.54, 1.807) is 24.3 Å². The highest BCUT2D eigenvalue weighted by molar-refractivity contribution is 6.06. The number of hydrogen-bond donors (Lipinski definition) is 2. The van der Waals surface area contributed by atoms with Crippen LogP contribution in [0.5, 0.6) is 5.75 Å². The van der Waals surface area contributed by atoms with Gasteiger partial charge in [-0.1, -0.05) is 36.4 Å². The van der Waals surface area contributed by atoms with Crippen molar-refractivity contribution < 1.29 is 14.3 Å². The van der Waals surface area contributed by atoms with Gasteiger partial charge >= 0.3 is 0 Å². The van der Waals surface area contributed by atoms with E-state index >= 15 is 0 Å². The number of amides is 2. The number of allylic oxidation sites excluding steroid dienone is 1. The van der Waals surface area contributed by atoms with Crippen molar-refractivity contribution in [2.75, 3.05) is 29.9 Å². The Bertz CT molecular complexity index is 1340. The number of nitrogens with zero attached hydrogens (tertiary/aromatic N) is 1. The van der Waals surface area contributed by atoms with Crippen LogP contribution in [-0.2, 0) is 4.79 Å². The fraction of sp³-hybridized carbons (Fsp3) is 0.312. The smallest absolute Gasteiger partial charge is 0.259 e. The number of fused-ring (bicyclic) bond motifs is 2. The lowest BCUT2D eigenvalue weighted by Crippen LogP contribution is -2.33. The third kappa shape index (κ3) is 5.30. The van der Waals surface area contributed by atoms with Crippen LogP contribution < -0.4 is 20.3 Å². The number of hydrogen-bond acceptors (Lipinski definition) is 4. The van der Waals surface area contributed by atoms with Gasteiger partial charge in [0.15, 0.2) is 6.61 Å². The SMILES string of the molecule is CCN(CC)c1ccc(NC(=O)c2ccccc2OCC(=O)N[C@H]2C3=C(CCCC3)c3ccccc32)cc1. The highest BCUT2D eigenvalue weighted by Gasteiger charge is 2.33. The molecule has 196 valence electrons. The first-order valence-electron chi connectivity index (χ1n) is 13.6. The van der Waals surface area contributed by atoms with Crippen LogP contribution in [0.2, 0.25) is 0 Å². The largest absolute Gasteiger partial charge is 0.483 e. The molecule has 3 aromatic carbocycles. The van der Waals surface area contributed by atoms with Crippen LogP contribution in [0.25, 0.3) is 5.57 Å². The average Bonchev–Trinajstić information content (AvgIpc) is 3.27. The van der Waals surface area contributed by atoms with Crippen molar-refractivity contribution in [1.82, 2.24) is 5.32 Å². The van der Waals surface area contributed by atoms with Crippen LogP contribution in [-0.4, -0.2) is 31.5 Å². The van der Waals surface area contributed by atoms with E-state index in [0.29, 0.717) is 17.0 Å². The van der Waals surface area contributed by atoms with E-state index in [2.05, 4.69) is 47.6 Å². The summed E-state index contributed by atoms with van der Waals surface area (Å²) in [4.78, 5) is 28.3. The molecule has 2 aliphatic carbocycles. The standard InChI is InChI=1S/C32H35N3O3/c1-3-35(4-2)23-19-17-22(18-20-23)33-32(37)28-15-9-10-16-29(28)38-21-30(36)34-31-26-13-7-5-11-24(26)25-12-6-8-14-27(25)31/h5,7,9-11,13,15-20,31H,3-4,6,8,12,14,21H2,1-2H3,(H,33,37)(H,34,36)/t31-/m1/s1. The van der Waals surface area contributed by atoms with E-state index in [1.807, 2.05) is 30.3 Å². The summed E-state index contributed by atoms with van der Waals surface area (Å²) in [5.74, 6) is -0.103. The molecular formula is C32H35N3O3. The van der Waals surface area contributed by atoms with Crippen LogP contribution in [0.4, 0.5) is 11.4 Å². The number of nitrogens with one attached hydrogen (secondary N) is 2. The van der Waals surface area contributed by atoms with Crippen molar-refractivity contribution in [1.29, 1.82) is 0 Å². The summed E-state index contributed by atoms with van der Waals surface area (Å²) in [6.45, 7) is 5.92. The fourth-order valence-electron chi connectivity index (χ4n) is 5.60. The Morgan fingerprint density at radius 3 is 2.39 bits per heavy atom. The molecule has 0 bridgehead atoms. The summed E-state index contributed by atoms with van der Waals surface area (Å²) in [6, 6.07) is 23.1. The summed E-state index contributed by atoms with van der Waals surface area (Å²) in [7, 11) is 0. The minimum absolute atomic E-state index is 0.101. The van der Waals surface area contributed by atoms with Gasteiger partial charge in [-0.25, -0.2) is 0 Å². The predicted molar refractivity (Wildman–Crippen MR) is 153 cm³/mol. The van der Waals surface area contributed by atoms with E-state index in [1.165, 1.54) is 28.7 Å². The van der Waals surface area contributed by atoms with Crippen molar-refractivity contribution in [2.45, 2.75) is 45.6 Å². The van der Waals surface area contributed by atoms with Crippen molar-refractivity contribution in [3.63, 3.8) is 0 Å². The Balaban J connectivity index is 1.23. The molecule has 38 heavy (non-hydrogen) atoms. The van der Waals surface area contributed by atoms with Gasteiger partial charge in [0.25, 0.3) is 11.8 Å². The maximum absolute atomic E-state index is 13.1. The molecule has 6 heteroatoms. The first-order valence-corrected chi connectivity index (χ1v) is 13.6. The maximum Gasteiger partial charge on any atom is 0.259 e. The maximum atomic E-state index is 13.1. The average molecular weight is 510 g/mol. The molecule has 1 atom stereocenters. The van der Waals surface area contributed by atoms with Gasteiger partial charge in [0.1, 0.15) is 5.75 Å². The number of anilines is 2. The lowest BCUT2D eigenvalue weighted by atomic mass is 9.91. The Labute approximate surface area is 224 Å². The molecule has 6 nitrogen and oxygen atoms in total. The van der Waals surface area contributed by atoms with Crippen molar-refractivity contribution in [3.05, 3.63) is 95.1 Å². The molecule has 5 rings (SSSR count). The van der Waals surface area contributed by atoms with Crippen molar-refractivity contribution >= 4 is 28.8 Å². The second-order valence-corrected chi connectivity index (χ2v) is 9.76. The summed E-state index contributed by atoms with van der Waals surface area (Å²) in [6.07, 6.45) is 4.41. The van der Waals surface area contributed by atoms with E-state index in [9.17, 15) is 9.59 Å². The number of carbonyl (C=O) groups is 2. The van der Waals surface area contributed by atoms with Crippen LogP contribution in [0.15, 0.2) is 78.4 Å². The van der Waals surface area contributed by atoms with Crippen molar-refractivity contribution in [3.8, 4) is 5.75 Å². The van der Waals surface area contributed by atoms with Gasteiger partial charge in [0, 0.05) is 24.5 Å². The monoisotopic (exact) mass is 509 g/mol. The second-order valence-electron chi connectivity index (χ2n) is 9.76. The quantitative estimate of drug-likeness (QED) is 0.352. The Hall–Kier alpha value is -4.06. The lowest BCUT2D eigenvalue weighted by Gasteiger charge is -2.21. The Morgan fingerprint density at radius 1 is 0.895 bits per heavy atom. The highest BCUT2D eigenvalue weighted by Crippen LogP contribution is 2.47.